The molecule has 1 aliphatic rings. The first-order valence-electron chi connectivity index (χ1n) is 8.14. The number of nitrogens with one attached hydrogen (secondary N) is 2. The topological polar surface area (TPSA) is 75.3 Å². The number of amides is 2. The van der Waals surface area contributed by atoms with Crippen molar-refractivity contribution in [2.24, 2.45) is 5.92 Å². The van der Waals surface area contributed by atoms with Crippen LogP contribution >= 0.6 is 15.9 Å². The highest BCUT2D eigenvalue weighted by Crippen LogP contribution is 2.17. The fourth-order valence-corrected chi connectivity index (χ4v) is 3.04. The highest BCUT2D eigenvalue weighted by Gasteiger charge is 2.26. The van der Waals surface area contributed by atoms with E-state index in [1.165, 1.54) is 19.1 Å². The molecular formula is C19H21BrN2O3. The van der Waals surface area contributed by atoms with Crippen LogP contribution in [-0.4, -0.2) is 30.2 Å². The monoisotopic (exact) mass is 404 g/mol. The van der Waals surface area contributed by atoms with Gasteiger partial charge in [-0.3, -0.25) is 14.4 Å². The number of carbonyl (C=O) groups is 3. The van der Waals surface area contributed by atoms with Crippen molar-refractivity contribution >= 4 is 39.6 Å². The molecule has 2 rings (SSSR count). The van der Waals surface area contributed by atoms with Crippen molar-refractivity contribution in [1.29, 1.82) is 0 Å². The summed E-state index contributed by atoms with van der Waals surface area (Å²) < 4.78 is 0.935. The van der Waals surface area contributed by atoms with Crippen LogP contribution in [0.15, 0.2) is 47.0 Å². The SMILES string of the molecule is CC(=O)/C=C/C(CC1CCNC1=O)NC(=O)/C=C/c1cccc(Br)c1. The Morgan fingerprint density at radius 2 is 2.20 bits per heavy atom. The number of ketones is 1. The zero-order valence-electron chi connectivity index (χ0n) is 14.0. The lowest BCUT2D eigenvalue weighted by Crippen LogP contribution is -2.35. The van der Waals surface area contributed by atoms with Crippen molar-refractivity contribution in [3.05, 3.63) is 52.5 Å². The number of halogens is 1. The molecule has 1 aromatic carbocycles. The van der Waals surface area contributed by atoms with Gasteiger partial charge in [0.15, 0.2) is 5.78 Å². The van der Waals surface area contributed by atoms with Crippen LogP contribution in [0.4, 0.5) is 0 Å². The van der Waals surface area contributed by atoms with Crippen LogP contribution in [0.1, 0.15) is 25.3 Å². The van der Waals surface area contributed by atoms with Crippen molar-refractivity contribution < 1.29 is 14.4 Å². The predicted molar refractivity (Wildman–Crippen MR) is 101 cm³/mol. The molecule has 0 bridgehead atoms. The summed E-state index contributed by atoms with van der Waals surface area (Å²) in [5.41, 5.74) is 0.899. The number of benzene rings is 1. The molecule has 0 radical (unpaired) electrons. The maximum absolute atomic E-state index is 12.2. The maximum Gasteiger partial charge on any atom is 0.244 e. The lowest BCUT2D eigenvalue weighted by Gasteiger charge is -2.16. The van der Waals surface area contributed by atoms with Gasteiger partial charge in [0.25, 0.3) is 0 Å². The van der Waals surface area contributed by atoms with Gasteiger partial charge in [0, 0.05) is 29.1 Å². The average molecular weight is 405 g/mol. The Balaban J connectivity index is 2.00. The highest BCUT2D eigenvalue weighted by molar-refractivity contribution is 9.10. The fraction of sp³-hybridized carbons (Fsp3) is 0.316. The largest absolute Gasteiger partial charge is 0.356 e. The number of allylic oxidation sites excluding steroid dienone is 1. The third kappa shape index (κ3) is 6.66. The van der Waals surface area contributed by atoms with E-state index in [1.807, 2.05) is 24.3 Å². The van der Waals surface area contributed by atoms with E-state index in [1.54, 1.807) is 12.2 Å². The van der Waals surface area contributed by atoms with E-state index in [4.69, 9.17) is 0 Å². The summed E-state index contributed by atoms with van der Waals surface area (Å²) in [5.74, 6) is -0.507. The molecule has 2 unspecified atom stereocenters. The number of hydrogen-bond donors (Lipinski definition) is 2. The zero-order chi connectivity index (χ0) is 18.2. The fourth-order valence-electron chi connectivity index (χ4n) is 2.63. The van der Waals surface area contributed by atoms with Gasteiger partial charge >= 0.3 is 0 Å². The molecule has 2 N–H and O–H groups in total. The second kappa shape index (κ2) is 9.32. The Bertz CT molecular complexity index is 712. The minimum atomic E-state index is -0.364. The van der Waals surface area contributed by atoms with Gasteiger partial charge in [0.2, 0.25) is 11.8 Å². The van der Waals surface area contributed by atoms with E-state index < -0.39 is 0 Å². The number of carbonyl (C=O) groups excluding carboxylic acids is 3. The molecule has 1 aromatic rings. The molecule has 1 saturated heterocycles. The third-order valence-corrected chi connectivity index (χ3v) is 4.36. The first-order valence-corrected chi connectivity index (χ1v) is 8.94. The Morgan fingerprint density at radius 3 is 2.84 bits per heavy atom. The lowest BCUT2D eigenvalue weighted by molar-refractivity contribution is -0.123. The van der Waals surface area contributed by atoms with Gasteiger partial charge < -0.3 is 10.6 Å². The van der Waals surface area contributed by atoms with Gasteiger partial charge in [-0.15, -0.1) is 0 Å². The zero-order valence-corrected chi connectivity index (χ0v) is 15.6. The molecule has 0 spiro atoms. The molecule has 2 amide bonds. The molecule has 1 heterocycles. The predicted octanol–water partition coefficient (Wildman–Crippen LogP) is 2.62. The minimum Gasteiger partial charge on any atom is -0.356 e. The van der Waals surface area contributed by atoms with E-state index in [0.717, 1.165) is 16.5 Å². The van der Waals surface area contributed by atoms with Gasteiger partial charge in [0.1, 0.15) is 0 Å². The normalized spacial score (nSPS) is 18.5. The maximum atomic E-state index is 12.2. The van der Waals surface area contributed by atoms with E-state index in [0.29, 0.717) is 13.0 Å². The van der Waals surface area contributed by atoms with Crippen LogP contribution in [0.3, 0.4) is 0 Å². The molecule has 25 heavy (non-hydrogen) atoms. The molecule has 0 aromatic heterocycles. The van der Waals surface area contributed by atoms with Crippen molar-refractivity contribution in [3.63, 3.8) is 0 Å². The first-order chi connectivity index (χ1) is 11.9. The third-order valence-electron chi connectivity index (χ3n) is 3.87. The summed E-state index contributed by atoms with van der Waals surface area (Å²) in [7, 11) is 0. The van der Waals surface area contributed by atoms with Crippen LogP contribution in [0, 0.1) is 5.92 Å². The summed E-state index contributed by atoms with van der Waals surface area (Å²) in [5, 5.41) is 5.63. The van der Waals surface area contributed by atoms with E-state index in [-0.39, 0.29) is 29.6 Å². The van der Waals surface area contributed by atoms with Crippen molar-refractivity contribution in [3.8, 4) is 0 Å². The van der Waals surface area contributed by atoms with Gasteiger partial charge in [-0.25, -0.2) is 0 Å². The Hall–Kier alpha value is -2.21. The van der Waals surface area contributed by atoms with Gasteiger partial charge in [0.05, 0.1) is 0 Å². The molecular weight excluding hydrogens is 384 g/mol. The van der Waals surface area contributed by atoms with Crippen LogP contribution in [0.2, 0.25) is 0 Å². The minimum absolute atomic E-state index is 0.000141. The number of rotatable bonds is 7. The van der Waals surface area contributed by atoms with Crippen molar-refractivity contribution in [2.75, 3.05) is 6.54 Å². The van der Waals surface area contributed by atoms with Crippen LogP contribution < -0.4 is 10.6 Å². The van der Waals surface area contributed by atoms with E-state index in [9.17, 15) is 14.4 Å². The van der Waals surface area contributed by atoms with E-state index >= 15 is 0 Å². The first kappa shape index (κ1) is 19.1. The van der Waals surface area contributed by atoms with Crippen LogP contribution in [0.5, 0.6) is 0 Å². The van der Waals surface area contributed by atoms with Crippen LogP contribution in [0.25, 0.3) is 6.08 Å². The van der Waals surface area contributed by atoms with E-state index in [2.05, 4.69) is 26.6 Å². The smallest absolute Gasteiger partial charge is 0.244 e. The Kier molecular flexibility index (Phi) is 7.13. The number of hydrogen-bond acceptors (Lipinski definition) is 3. The summed E-state index contributed by atoms with van der Waals surface area (Å²) in [4.78, 5) is 35.1. The molecule has 5 nitrogen and oxygen atoms in total. The van der Waals surface area contributed by atoms with Gasteiger partial charge in [-0.1, -0.05) is 34.1 Å². The van der Waals surface area contributed by atoms with Gasteiger partial charge in [-0.2, -0.15) is 0 Å². The molecule has 1 aliphatic heterocycles. The summed E-state index contributed by atoms with van der Waals surface area (Å²) >= 11 is 3.38. The second-order valence-electron chi connectivity index (χ2n) is 5.99. The lowest BCUT2D eigenvalue weighted by atomic mass is 9.97. The molecule has 132 valence electrons. The van der Waals surface area contributed by atoms with Crippen LogP contribution in [-0.2, 0) is 14.4 Å². The summed E-state index contributed by atoms with van der Waals surface area (Å²) in [6.45, 7) is 2.11. The molecule has 6 heteroatoms. The average Bonchev–Trinajstić information content (AvgIpc) is 2.96. The second-order valence-corrected chi connectivity index (χ2v) is 6.90. The summed E-state index contributed by atoms with van der Waals surface area (Å²) in [6, 6.07) is 7.23. The molecule has 2 atom stereocenters. The quantitative estimate of drug-likeness (QED) is 0.685. The Labute approximate surface area is 155 Å². The highest BCUT2D eigenvalue weighted by atomic mass is 79.9. The van der Waals surface area contributed by atoms with Gasteiger partial charge in [-0.05, 0) is 49.6 Å². The van der Waals surface area contributed by atoms with Crippen molar-refractivity contribution in [2.45, 2.75) is 25.8 Å². The summed E-state index contributed by atoms with van der Waals surface area (Å²) in [6.07, 6.45) is 7.47. The Morgan fingerprint density at radius 1 is 1.40 bits per heavy atom. The molecule has 1 fully saturated rings. The standard InChI is InChI=1S/C19H21BrN2O3/c1-13(23)5-7-17(12-15-9-10-21-19(15)25)22-18(24)8-6-14-3-2-4-16(20)11-14/h2-8,11,15,17H,9-10,12H2,1H3,(H,21,25)(H,22,24)/b7-5+,8-6+. The molecule has 0 aliphatic carbocycles. The molecule has 0 saturated carbocycles. The van der Waals surface area contributed by atoms with Crippen molar-refractivity contribution in [1.82, 2.24) is 10.6 Å².